The lowest BCUT2D eigenvalue weighted by molar-refractivity contribution is -0.119. The average Bonchev–Trinajstić information content (AvgIpc) is 2.21. The summed E-state index contributed by atoms with van der Waals surface area (Å²) in [5.41, 5.74) is 11.9. The van der Waals surface area contributed by atoms with E-state index < -0.39 is 0 Å². The minimum atomic E-state index is 0.160. The zero-order valence-electron chi connectivity index (χ0n) is 8.94. The standard InChI is InChI=1S/C11H17N3O/c1-8(7-12)5-10(15)6-9-3-2-4-14-11(9)13/h2-4,8H,5-7,12H2,1H3,(H2,13,14). The van der Waals surface area contributed by atoms with E-state index in [2.05, 4.69) is 4.98 Å². The second-order valence-corrected chi connectivity index (χ2v) is 3.81. The fourth-order valence-electron chi connectivity index (χ4n) is 1.36. The van der Waals surface area contributed by atoms with Crippen LogP contribution in [-0.4, -0.2) is 17.3 Å². The van der Waals surface area contributed by atoms with Crippen molar-refractivity contribution >= 4 is 11.6 Å². The molecule has 0 radical (unpaired) electrons. The van der Waals surface area contributed by atoms with Gasteiger partial charge >= 0.3 is 0 Å². The predicted octanol–water partition coefficient (Wildman–Crippen LogP) is 0.760. The number of nitrogens with zero attached hydrogens (tertiary/aromatic N) is 1. The van der Waals surface area contributed by atoms with E-state index in [0.29, 0.717) is 25.2 Å². The first kappa shape index (κ1) is 11.7. The number of nitrogens with two attached hydrogens (primary N) is 2. The molecule has 4 heteroatoms. The van der Waals surface area contributed by atoms with Crippen molar-refractivity contribution < 1.29 is 4.79 Å². The maximum absolute atomic E-state index is 11.6. The number of carbonyl (C=O) groups is 1. The average molecular weight is 207 g/mol. The van der Waals surface area contributed by atoms with Gasteiger partial charge in [0.05, 0.1) is 0 Å². The Balaban J connectivity index is 2.55. The van der Waals surface area contributed by atoms with Crippen LogP contribution >= 0.6 is 0 Å². The van der Waals surface area contributed by atoms with Gasteiger partial charge in [-0.1, -0.05) is 13.0 Å². The summed E-state index contributed by atoms with van der Waals surface area (Å²) in [5, 5.41) is 0. The lowest BCUT2D eigenvalue weighted by atomic mass is 10.0. The summed E-state index contributed by atoms with van der Waals surface area (Å²) in [7, 11) is 0. The van der Waals surface area contributed by atoms with E-state index in [-0.39, 0.29) is 11.7 Å². The molecule has 0 aliphatic rings. The summed E-state index contributed by atoms with van der Waals surface area (Å²) >= 11 is 0. The Bertz CT molecular complexity index is 338. The molecule has 0 fully saturated rings. The van der Waals surface area contributed by atoms with Crippen molar-refractivity contribution in [3.05, 3.63) is 23.9 Å². The summed E-state index contributed by atoms with van der Waals surface area (Å²) in [4.78, 5) is 15.5. The summed E-state index contributed by atoms with van der Waals surface area (Å²) in [6.07, 6.45) is 2.47. The molecule has 1 heterocycles. The third-order valence-corrected chi connectivity index (χ3v) is 2.29. The minimum absolute atomic E-state index is 0.160. The predicted molar refractivity (Wildman–Crippen MR) is 60.2 cm³/mol. The van der Waals surface area contributed by atoms with Crippen molar-refractivity contribution in [2.75, 3.05) is 12.3 Å². The molecule has 4 nitrogen and oxygen atoms in total. The molecular formula is C11H17N3O. The highest BCUT2D eigenvalue weighted by atomic mass is 16.1. The summed E-state index contributed by atoms with van der Waals surface area (Å²) in [6.45, 7) is 2.50. The van der Waals surface area contributed by atoms with Crippen molar-refractivity contribution in [3.63, 3.8) is 0 Å². The second-order valence-electron chi connectivity index (χ2n) is 3.81. The van der Waals surface area contributed by atoms with Gasteiger partial charge in [0, 0.05) is 24.6 Å². The van der Waals surface area contributed by atoms with E-state index in [4.69, 9.17) is 11.5 Å². The summed E-state index contributed by atoms with van der Waals surface area (Å²) in [6, 6.07) is 3.61. The SMILES string of the molecule is CC(CN)CC(=O)Cc1cccnc1N. The van der Waals surface area contributed by atoms with Crippen molar-refractivity contribution in [2.24, 2.45) is 11.7 Å². The zero-order chi connectivity index (χ0) is 11.3. The normalized spacial score (nSPS) is 12.4. The number of hydrogen-bond acceptors (Lipinski definition) is 4. The molecule has 82 valence electrons. The fourth-order valence-corrected chi connectivity index (χ4v) is 1.36. The van der Waals surface area contributed by atoms with Crippen LogP contribution in [0.1, 0.15) is 18.9 Å². The first-order valence-corrected chi connectivity index (χ1v) is 5.04. The van der Waals surface area contributed by atoms with E-state index in [1.54, 1.807) is 12.3 Å². The molecule has 4 N–H and O–H groups in total. The van der Waals surface area contributed by atoms with Crippen molar-refractivity contribution in [1.82, 2.24) is 4.98 Å². The Morgan fingerprint density at radius 2 is 2.33 bits per heavy atom. The first-order valence-electron chi connectivity index (χ1n) is 5.04. The molecule has 1 aromatic rings. The molecule has 1 unspecified atom stereocenters. The molecule has 0 amide bonds. The Kier molecular flexibility index (Phi) is 4.24. The van der Waals surface area contributed by atoms with Gasteiger partial charge in [0.15, 0.2) is 0 Å². The largest absolute Gasteiger partial charge is 0.383 e. The van der Waals surface area contributed by atoms with E-state index in [1.807, 2.05) is 13.0 Å². The lowest BCUT2D eigenvalue weighted by Crippen LogP contribution is -2.16. The van der Waals surface area contributed by atoms with Gasteiger partial charge in [-0.05, 0) is 18.5 Å². The van der Waals surface area contributed by atoms with Crippen LogP contribution in [0.25, 0.3) is 0 Å². The minimum Gasteiger partial charge on any atom is -0.383 e. The Labute approximate surface area is 89.7 Å². The van der Waals surface area contributed by atoms with Crippen LogP contribution in [0.15, 0.2) is 18.3 Å². The summed E-state index contributed by atoms with van der Waals surface area (Å²) < 4.78 is 0. The molecule has 15 heavy (non-hydrogen) atoms. The van der Waals surface area contributed by atoms with Gasteiger partial charge in [-0.2, -0.15) is 0 Å². The van der Waals surface area contributed by atoms with Gasteiger partial charge in [-0.25, -0.2) is 4.98 Å². The molecule has 1 aromatic heterocycles. The highest BCUT2D eigenvalue weighted by molar-refractivity contribution is 5.82. The Morgan fingerprint density at radius 1 is 1.60 bits per heavy atom. The molecule has 0 spiro atoms. The zero-order valence-corrected chi connectivity index (χ0v) is 8.94. The lowest BCUT2D eigenvalue weighted by Gasteiger charge is -2.07. The van der Waals surface area contributed by atoms with Crippen LogP contribution in [0.4, 0.5) is 5.82 Å². The monoisotopic (exact) mass is 207 g/mol. The van der Waals surface area contributed by atoms with Crippen LogP contribution in [0.3, 0.4) is 0 Å². The van der Waals surface area contributed by atoms with Crippen molar-refractivity contribution in [3.8, 4) is 0 Å². The molecule has 0 saturated carbocycles. The highest BCUT2D eigenvalue weighted by Gasteiger charge is 2.10. The van der Waals surface area contributed by atoms with E-state index in [9.17, 15) is 4.79 Å². The molecule has 1 rings (SSSR count). The summed E-state index contributed by atoms with van der Waals surface area (Å²) in [5.74, 6) is 0.828. The number of aromatic nitrogens is 1. The van der Waals surface area contributed by atoms with Gasteiger partial charge in [0.2, 0.25) is 0 Å². The molecule has 0 bridgehead atoms. The van der Waals surface area contributed by atoms with Gasteiger partial charge in [-0.3, -0.25) is 4.79 Å². The third kappa shape index (κ3) is 3.67. The number of rotatable bonds is 5. The smallest absolute Gasteiger partial charge is 0.137 e. The Hall–Kier alpha value is -1.42. The van der Waals surface area contributed by atoms with Crippen LogP contribution in [-0.2, 0) is 11.2 Å². The molecule has 0 aliphatic carbocycles. The van der Waals surface area contributed by atoms with Crippen molar-refractivity contribution in [1.29, 1.82) is 0 Å². The third-order valence-electron chi connectivity index (χ3n) is 2.29. The number of pyridine rings is 1. The van der Waals surface area contributed by atoms with Crippen LogP contribution in [0.5, 0.6) is 0 Å². The van der Waals surface area contributed by atoms with Gasteiger partial charge < -0.3 is 11.5 Å². The maximum atomic E-state index is 11.6. The van der Waals surface area contributed by atoms with Gasteiger partial charge in [0.25, 0.3) is 0 Å². The number of carbonyl (C=O) groups excluding carboxylic acids is 1. The van der Waals surface area contributed by atoms with Gasteiger partial charge in [0.1, 0.15) is 11.6 Å². The second kappa shape index (κ2) is 5.46. The number of anilines is 1. The molecule has 0 aliphatic heterocycles. The van der Waals surface area contributed by atoms with E-state index in [0.717, 1.165) is 5.56 Å². The number of ketones is 1. The molecule has 1 atom stereocenters. The topological polar surface area (TPSA) is 82.0 Å². The number of nitrogen functional groups attached to an aromatic ring is 1. The van der Waals surface area contributed by atoms with Crippen LogP contribution < -0.4 is 11.5 Å². The quantitative estimate of drug-likeness (QED) is 0.746. The Morgan fingerprint density at radius 3 is 2.93 bits per heavy atom. The van der Waals surface area contributed by atoms with E-state index in [1.165, 1.54) is 0 Å². The highest BCUT2D eigenvalue weighted by Crippen LogP contribution is 2.11. The van der Waals surface area contributed by atoms with Crippen molar-refractivity contribution in [2.45, 2.75) is 19.8 Å². The number of hydrogen-bond donors (Lipinski definition) is 2. The van der Waals surface area contributed by atoms with E-state index >= 15 is 0 Å². The van der Waals surface area contributed by atoms with Gasteiger partial charge in [-0.15, -0.1) is 0 Å². The molecular weight excluding hydrogens is 190 g/mol. The molecule has 0 saturated heterocycles. The molecule has 0 aromatic carbocycles. The van der Waals surface area contributed by atoms with Crippen LogP contribution in [0.2, 0.25) is 0 Å². The first-order chi connectivity index (χ1) is 7.13. The fraction of sp³-hybridized carbons (Fsp3) is 0.455. The maximum Gasteiger partial charge on any atom is 0.137 e. The van der Waals surface area contributed by atoms with Crippen LogP contribution in [0, 0.1) is 5.92 Å². The number of Topliss-reactive ketones (excluding diaryl/α,β-unsaturated/α-hetero) is 1.